The molecule has 4 rings (SSSR count). The summed E-state index contributed by atoms with van der Waals surface area (Å²) in [7, 11) is 1.71. The standard InChI is InChI=1S/C31H43N5O6/c1-22-19-36(23(2)21-37)30(39)18-24-17-26(32-29(38)11-12-35-13-15-41-16-14-35)9-10-27(24)42-28(22)20-34(3)31(40)33-25-7-5-4-6-8-25/h4-10,17,22-23,28,37H,11-16,18-21H2,1-3H3,(H,32,38)(H,33,40)/t22-,23-,28-/m0/s1. The van der Waals surface area contributed by atoms with Crippen molar-refractivity contribution in [3.8, 4) is 5.75 Å². The highest BCUT2D eigenvalue weighted by Crippen LogP contribution is 2.29. The van der Waals surface area contributed by atoms with Gasteiger partial charge in [0, 0.05) is 62.5 Å². The molecule has 2 aliphatic heterocycles. The number of aliphatic hydroxyl groups excluding tert-OH is 1. The molecule has 2 heterocycles. The third kappa shape index (κ3) is 8.67. The highest BCUT2D eigenvalue weighted by molar-refractivity contribution is 5.91. The third-order valence-corrected chi connectivity index (χ3v) is 7.78. The summed E-state index contributed by atoms with van der Waals surface area (Å²) in [6, 6.07) is 13.9. The van der Waals surface area contributed by atoms with E-state index in [0.717, 1.165) is 13.1 Å². The van der Waals surface area contributed by atoms with Crippen molar-refractivity contribution in [3.63, 3.8) is 0 Å². The number of carbonyl (C=O) groups is 3. The van der Waals surface area contributed by atoms with Crippen LogP contribution in [0.25, 0.3) is 0 Å². The largest absolute Gasteiger partial charge is 0.488 e. The molecular formula is C31H43N5O6. The molecule has 0 radical (unpaired) electrons. The fourth-order valence-electron chi connectivity index (χ4n) is 5.13. The summed E-state index contributed by atoms with van der Waals surface area (Å²) in [5.74, 6) is 0.132. The van der Waals surface area contributed by atoms with Gasteiger partial charge >= 0.3 is 6.03 Å². The van der Waals surface area contributed by atoms with Crippen LogP contribution in [0.2, 0.25) is 0 Å². The predicted molar refractivity (Wildman–Crippen MR) is 161 cm³/mol. The van der Waals surface area contributed by atoms with Gasteiger partial charge in [-0.1, -0.05) is 25.1 Å². The van der Waals surface area contributed by atoms with E-state index in [1.165, 1.54) is 0 Å². The molecule has 0 aliphatic carbocycles. The Bertz CT molecular complexity index is 1210. The Balaban J connectivity index is 1.50. The Morgan fingerprint density at radius 3 is 2.55 bits per heavy atom. The molecule has 2 aliphatic rings. The molecule has 228 valence electrons. The van der Waals surface area contributed by atoms with Gasteiger partial charge in [0.15, 0.2) is 0 Å². The molecule has 0 bridgehead atoms. The molecule has 3 atom stereocenters. The number of para-hydroxylation sites is 1. The van der Waals surface area contributed by atoms with Crippen molar-refractivity contribution >= 4 is 29.2 Å². The van der Waals surface area contributed by atoms with Gasteiger partial charge in [0.2, 0.25) is 11.8 Å². The van der Waals surface area contributed by atoms with Crippen LogP contribution < -0.4 is 15.4 Å². The van der Waals surface area contributed by atoms with Gasteiger partial charge < -0.3 is 35.0 Å². The Labute approximate surface area is 247 Å². The fourth-order valence-corrected chi connectivity index (χ4v) is 5.13. The number of anilines is 2. The monoisotopic (exact) mass is 581 g/mol. The average molecular weight is 582 g/mol. The van der Waals surface area contributed by atoms with Crippen molar-refractivity contribution in [2.75, 3.05) is 70.2 Å². The van der Waals surface area contributed by atoms with E-state index in [1.54, 1.807) is 35.0 Å². The predicted octanol–water partition coefficient (Wildman–Crippen LogP) is 2.66. The summed E-state index contributed by atoms with van der Waals surface area (Å²) in [4.78, 5) is 44.6. The third-order valence-electron chi connectivity index (χ3n) is 7.78. The maximum atomic E-state index is 13.5. The second-order valence-electron chi connectivity index (χ2n) is 11.1. The number of ether oxygens (including phenoxy) is 2. The van der Waals surface area contributed by atoms with Gasteiger partial charge in [-0.05, 0) is 37.3 Å². The van der Waals surface area contributed by atoms with Crippen LogP contribution in [0.4, 0.5) is 16.2 Å². The van der Waals surface area contributed by atoms with Crippen molar-refractivity contribution in [2.45, 2.75) is 38.8 Å². The molecule has 2 aromatic carbocycles. The molecule has 0 spiro atoms. The highest BCUT2D eigenvalue weighted by Gasteiger charge is 2.32. The summed E-state index contributed by atoms with van der Waals surface area (Å²) in [6.07, 6.45) is -0.0322. The highest BCUT2D eigenvalue weighted by atomic mass is 16.5. The van der Waals surface area contributed by atoms with Gasteiger partial charge in [0.25, 0.3) is 0 Å². The zero-order valence-electron chi connectivity index (χ0n) is 24.8. The van der Waals surface area contributed by atoms with Crippen LogP contribution in [-0.4, -0.2) is 109 Å². The number of fused-ring (bicyclic) bond motifs is 1. The van der Waals surface area contributed by atoms with E-state index in [9.17, 15) is 19.5 Å². The van der Waals surface area contributed by atoms with Gasteiger partial charge in [-0.15, -0.1) is 0 Å². The molecule has 0 saturated carbocycles. The first-order valence-corrected chi connectivity index (χ1v) is 14.6. The lowest BCUT2D eigenvalue weighted by Gasteiger charge is -2.34. The van der Waals surface area contributed by atoms with Crippen LogP contribution in [0.15, 0.2) is 48.5 Å². The van der Waals surface area contributed by atoms with E-state index in [2.05, 4.69) is 15.5 Å². The zero-order valence-corrected chi connectivity index (χ0v) is 24.8. The Kier molecular flexibility index (Phi) is 11.2. The molecule has 2 aromatic rings. The van der Waals surface area contributed by atoms with Gasteiger partial charge in [0.1, 0.15) is 11.9 Å². The molecule has 11 heteroatoms. The van der Waals surface area contributed by atoms with Crippen molar-refractivity contribution in [1.29, 1.82) is 0 Å². The quantitative estimate of drug-likeness (QED) is 0.416. The van der Waals surface area contributed by atoms with Crippen LogP contribution in [0, 0.1) is 5.92 Å². The molecule has 42 heavy (non-hydrogen) atoms. The first-order valence-electron chi connectivity index (χ1n) is 14.6. The molecule has 0 unspecified atom stereocenters. The minimum Gasteiger partial charge on any atom is -0.488 e. The number of amides is 4. The number of hydrogen-bond donors (Lipinski definition) is 3. The summed E-state index contributed by atoms with van der Waals surface area (Å²) < 4.78 is 11.9. The normalized spacial score (nSPS) is 20.3. The van der Waals surface area contributed by atoms with Gasteiger partial charge in [0.05, 0.1) is 38.8 Å². The maximum Gasteiger partial charge on any atom is 0.321 e. The van der Waals surface area contributed by atoms with Crippen LogP contribution in [-0.2, 0) is 20.7 Å². The molecule has 1 saturated heterocycles. The Morgan fingerprint density at radius 1 is 1.10 bits per heavy atom. The lowest BCUT2D eigenvalue weighted by molar-refractivity contribution is -0.134. The van der Waals surface area contributed by atoms with Crippen molar-refractivity contribution in [2.24, 2.45) is 5.92 Å². The van der Waals surface area contributed by atoms with E-state index in [4.69, 9.17) is 9.47 Å². The Morgan fingerprint density at radius 2 is 1.83 bits per heavy atom. The van der Waals surface area contributed by atoms with Crippen LogP contribution in [0.3, 0.4) is 0 Å². The smallest absolute Gasteiger partial charge is 0.321 e. The first-order chi connectivity index (χ1) is 20.2. The molecule has 1 fully saturated rings. The number of nitrogens with zero attached hydrogens (tertiary/aromatic N) is 3. The summed E-state index contributed by atoms with van der Waals surface area (Å²) in [6.45, 7) is 7.90. The number of urea groups is 1. The molecule has 3 N–H and O–H groups in total. The number of morpholine rings is 1. The Hall–Kier alpha value is -3.67. The number of hydrogen-bond acceptors (Lipinski definition) is 7. The number of benzene rings is 2. The van der Waals surface area contributed by atoms with Crippen LogP contribution in [0.5, 0.6) is 5.75 Å². The lowest BCUT2D eigenvalue weighted by Crippen LogP contribution is -2.48. The number of likely N-dealkylation sites (N-methyl/N-ethyl adjacent to an activating group) is 1. The van der Waals surface area contributed by atoms with Crippen molar-refractivity contribution in [3.05, 3.63) is 54.1 Å². The van der Waals surface area contributed by atoms with Crippen LogP contribution in [0.1, 0.15) is 25.8 Å². The number of carbonyl (C=O) groups excluding carboxylic acids is 3. The van der Waals surface area contributed by atoms with E-state index in [0.29, 0.717) is 55.4 Å². The topological polar surface area (TPSA) is 124 Å². The van der Waals surface area contributed by atoms with Crippen molar-refractivity contribution < 1.29 is 29.0 Å². The molecule has 11 nitrogen and oxygen atoms in total. The van der Waals surface area contributed by atoms with E-state index in [1.807, 2.05) is 44.2 Å². The summed E-state index contributed by atoms with van der Waals surface area (Å²) in [5.41, 5.74) is 1.91. The number of rotatable bonds is 9. The molecular weight excluding hydrogens is 538 g/mol. The van der Waals surface area contributed by atoms with Gasteiger partial charge in [-0.25, -0.2) is 4.79 Å². The van der Waals surface area contributed by atoms with E-state index < -0.39 is 6.10 Å². The SMILES string of the molecule is C[C@H]1CN([C@@H](C)CO)C(=O)Cc2cc(NC(=O)CCN3CCOCC3)ccc2O[C@H]1CN(C)C(=O)Nc1ccccc1. The molecule has 0 aromatic heterocycles. The van der Waals surface area contributed by atoms with Crippen LogP contribution >= 0.6 is 0 Å². The molecule has 4 amide bonds. The van der Waals surface area contributed by atoms with E-state index >= 15 is 0 Å². The second kappa shape index (κ2) is 15.0. The minimum atomic E-state index is -0.441. The minimum absolute atomic E-state index is 0.0565. The first kappa shape index (κ1) is 31.3. The number of nitrogens with one attached hydrogen (secondary N) is 2. The fraction of sp³-hybridized carbons (Fsp3) is 0.516. The summed E-state index contributed by atoms with van der Waals surface area (Å²) >= 11 is 0. The zero-order chi connectivity index (χ0) is 30.1. The van der Waals surface area contributed by atoms with Gasteiger partial charge in [-0.2, -0.15) is 0 Å². The average Bonchev–Trinajstić information content (AvgIpc) is 3.04. The number of aliphatic hydroxyl groups is 1. The van der Waals surface area contributed by atoms with Gasteiger partial charge in [-0.3, -0.25) is 14.5 Å². The summed E-state index contributed by atoms with van der Waals surface area (Å²) in [5, 5.41) is 15.7. The maximum absolute atomic E-state index is 13.5. The lowest BCUT2D eigenvalue weighted by atomic mass is 10.0. The second-order valence-corrected chi connectivity index (χ2v) is 11.1. The van der Waals surface area contributed by atoms with E-state index in [-0.39, 0.29) is 49.4 Å². The van der Waals surface area contributed by atoms with Crippen molar-refractivity contribution in [1.82, 2.24) is 14.7 Å².